The fraction of sp³-hybridized carbons (Fsp3) is 0.176. The molecule has 24 heavy (non-hydrogen) atoms. The van der Waals surface area contributed by atoms with E-state index in [2.05, 4.69) is 20.9 Å². The standard InChI is InChI=1S/C17H18N4O3/c1-11(22)20-15-6-14(7-16(8-15)21-12(2)23)17(24)19-10-13-4-3-5-18-9-13/h3-9H,10H2,1-2H3,(H,19,24)(H,20,22)(H,21,23). The van der Waals surface area contributed by atoms with Crippen molar-refractivity contribution < 1.29 is 14.4 Å². The monoisotopic (exact) mass is 326 g/mol. The molecule has 2 aromatic rings. The maximum Gasteiger partial charge on any atom is 0.251 e. The Morgan fingerprint density at radius 2 is 1.62 bits per heavy atom. The molecular formula is C17H18N4O3. The van der Waals surface area contributed by atoms with E-state index in [0.717, 1.165) is 5.56 Å². The number of amides is 3. The highest BCUT2D eigenvalue weighted by Crippen LogP contribution is 2.19. The number of carbonyl (C=O) groups is 3. The molecule has 0 aliphatic carbocycles. The summed E-state index contributed by atoms with van der Waals surface area (Å²) in [5.41, 5.74) is 2.06. The second-order valence-electron chi connectivity index (χ2n) is 5.21. The van der Waals surface area contributed by atoms with Gasteiger partial charge < -0.3 is 16.0 Å². The average Bonchev–Trinajstić information content (AvgIpc) is 2.52. The van der Waals surface area contributed by atoms with Crippen LogP contribution in [0.4, 0.5) is 11.4 Å². The van der Waals surface area contributed by atoms with Gasteiger partial charge in [-0.15, -0.1) is 0 Å². The molecule has 3 amide bonds. The van der Waals surface area contributed by atoms with Gasteiger partial charge in [0, 0.05) is 49.7 Å². The van der Waals surface area contributed by atoms with E-state index in [-0.39, 0.29) is 17.7 Å². The molecule has 0 radical (unpaired) electrons. The highest BCUT2D eigenvalue weighted by atomic mass is 16.2. The highest BCUT2D eigenvalue weighted by Gasteiger charge is 2.10. The summed E-state index contributed by atoms with van der Waals surface area (Å²) < 4.78 is 0. The molecule has 1 aromatic carbocycles. The van der Waals surface area contributed by atoms with E-state index >= 15 is 0 Å². The summed E-state index contributed by atoms with van der Waals surface area (Å²) in [6.45, 7) is 3.06. The predicted octanol–water partition coefficient (Wildman–Crippen LogP) is 1.93. The molecule has 0 aliphatic heterocycles. The molecule has 0 unspecified atom stereocenters. The van der Waals surface area contributed by atoms with Crippen molar-refractivity contribution >= 4 is 29.1 Å². The van der Waals surface area contributed by atoms with Gasteiger partial charge in [0.15, 0.2) is 0 Å². The maximum atomic E-state index is 12.3. The van der Waals surface area contributed by atoms with Crippen molar-refractivity contribution in [2.45, 2.75) is 20.4 Å². The molecule has 0 atom stereocenters. The number of aromatic nitrogens is 1. The number of benzene rings is 1. The minimum atomic E-state index is -0.322. The fourth-order valence-electron chi connectivity index (χ4n) is 2.10. The first kappa shape index (κ1) is 17.1. The Kier molecular flexibility index (Phi) is 5.62. The molecular weight excluding hydrogens is 308 g/mol. The average molecular weight is 326 g/mol. The summed E-state index contributed by atoms with van der Waals surface area (Å²) in [7, 11) is 0. The second kappa shape index (κ2) is 7.87. The van der Waals surface area contributed by atoms with E-state index in [9.17, 15) is 14.4 Å². The van der Waals surface area contributed by atoms with Crippen molar-refractivity contribution in [3.8, 4) is 0 Å². The molecule has 124 valence electrons. The van der Waals surface area contributed by atoms with E-state index in [1.807, 2.05) is 6.07 Å². The van der Waals surface area contributed by atoms with Gasteiger partial charge in [0.1, 0.15) is 0 Å². The third kappa shape index (κ3) is 5.20. The molecule has 0 spiro atoms. The van der Waals surface area contributed by atoms with Crippen LogP contribution in [-0.2, 0) is 16.1 Å². The van der Waals surface area contributed by atoms with E-state index in [4.69, 9.17) is 0 Å². The Morgan fingerprint density at radius 1 is 1.00 bits per heavy atom. The number of nitrogens with one attached hydrogen (secondary N) is 3. The van der Waals surface area contributed by atoms with Crippen LogP contribution in [0.5, 0.6) is 0 Å². The van der Waals surface area contributed by atoms with Gasteiger partial charge in [-0.2, -0.15) is 0 Å². The highest BCUT2D eigenvalue weighted by molar-refractivity contribution is 5.99. The predicted molar refractivity (Wildman–Crippen MR) is 90.5 cm³/mol. The fourth-order valence-corrected chi connectivity index (χ4v) is 2.10. The number of nitrogens with zero attached hydrogens (tertiary/aromatic N) is 1. The number of carbonyl (C=O) groups excluding carboxylic acids is 3. The molecule has 0 saturated carbocycles. The van der Waals surface area contributed by atoms with E-state index in [1.165, 1.54) is 13.8 Å². The Bertz CT molecular complexity index is 725. The van der Waals surface area contributed by atoms with Crippen molar-refractivity contribution in [1.29, 1.82) is 0 Å². The van der Waals surface area contributed by atoms with Crippen molar-refractivity contribution in [2.24, 2.45) is 0 Å². The summed E-state index contributed by atoms with van der Waals surface area (Å²) in [6.07, 6.45) is 3.32. The molecule has 7 heteroatoms. The third-order valence-electron chi connectivity index (χ3n) is 3.01. The summed E-state index contributed by atoms with van der Waals surface area (Å²) in [4.78, 5) is 38.8. The van der Waals surface area contributed by atoms with Gasteiger partial charge in [0.2, 0.25) is 11.8 Å². The summed E-state index contributed by atoms with van der Waals surface area (Å²) in [5.74, 6) is -0.856. The molecule has 1 aromatic heterocycles. The van der Waals surface area contributed by atoms with E-state index in [1.54, 1.807) is 36.7 Å². The zero-order valence-electron chi connectivity index (χ0n) is 13.4. The van der Waals surface area contributed by atoms with E-state index in [0.29, 0.717) is 23.5 Å². The Labute approximate surface area is 139 Å². The third-order valence-corrected chi connectivity index (χ3v) is 3.01. The van der Waals surface area contributed by atoms with Gasteiger partial charge in [0.05, 0.1) is 0 Å². The zero-order chi connectivity index (χ0) is 17.5. The summed E-state index contributed by atoms with van der Waals surface area (Å²) in [6, 6.07) is 8.31. The lowest BCUT2D eigenvalue weighted by molar-refractivity contribution is -0.115. The van der Waals surface area contributed by atoms with Crippen molar-refractivity contribution in [2.75, 3.05) is 10.6 Å². The van der Waals surface area contributed by atoms with Gasteiger partial charge in [-0.3, -0.25) is 19.4 Å². The van der Waals surface area contributed by atoms with Crippen molar-refractivity contribution in [3.05, 3.63) is 53.9 Å². The van der Waals surface area contributed by atoms with Gasteiger partial charge >= 0.3 is 0 Å². The first-order valence-corrected chi connectivity index (χ1v) is 7.31. The number of hydrogen-bond donors (Lipinski definition) is 3. The van der Waals surface area contributed by atoms with E-state index < -0.39 is 0 Å². The van der Waals surface area contributed by atoms with Crippen LogP contribution in [0.1, 0.15) is 29.8 Å². The lowest BCUT2D eigenvalue weighted by atomic mass is 10.1. The van der Waals surface area contributed by atoms with Crippen LogP contribution in [0.2, 0.25) is 0 Å². The molecule has 7 nitrogen and oxygen atoms in total. The normalized spacial score (nSPS) is 9.92. The van der Waals surface area contributed by atoms with Crippen molar-refractivity contribution in [1.82, 2.24) is 10.3 Å². The number of pyridine rings is 1. The molecule has 0 saturated heterocycles. The smallest absolute Gasteiger partial charge is 0.251 e. The number of rotatable bonds is 5. The van der Waals surface area contributed by atoms with Crippen LogP contribution in [-0.4, -0.2) is 22.7 Å². The van der Waals surface area contributed by atoms with Crippen LogP contribution in [0.25, 0.3) is 0 Å². The summed E-state index contributed by atoms with van der Waals surface area (Å²) in [5, 5.41) is 7.99. The first-order valence-electron chi connectivity index (χ1n) is 7.31. The zero-order valence-corrected chi connectivity index (χ0v) is 13.4. The molecule has 0 fully saturated rings. The van der Waals surface area contributed by atoms with Gasteiger partial charge in [-0.1, -0.05) is 6.07 Å². The minimum Gasteiger partial charge on any atom is -0.348 e. The van der Waals surface area contributed by atoms with Crippen molar-refractivity contribution in [3.63, 3.8) is 0 Å². The van der Waals surface area contributed by atoms with Crippen LogP contribution in [0.15, 0.2) is 42.7 Å². The first-order chi connectivity index (χ1) is 11.4. The van der Waals surface area contributed by atoms with Gasteiger partial charge in [-0.05, 0) is 29.8 Å². The Morgan fingerprint density at radius 3 is 2.12 bits per heavy atom. The number of anilines is 2. The quantitative estimate of drug-likeness (QED) is 0.781. The van der Waals surface area contributed by atoms with Crippen LogP contribution >= 0.6 is 0 Å². The van der Waals surface area contributed by atoms with Crippen LogP contribution < -0.4 is 16.0 Å². The minimum absolute atomic E-state index is 0.267. The Balaban J connectivity index is 2.18. The SMILES string of the molecule is CC(=O)Nc1cc(NC(C)=O)cc(C(=O)NCc2cccnc2)c1. The number of hydrogen-bond acceptors (Lipinski definition) is 4. The summed E-state index contributed by atoms with van der Waals surface area (Å²) >= 11 is 0. The largest absolute Gasteiger partial charge is 0.348 e. The topological polar surface area (TPSA) is 100 Å². The van der Waals surface area contributed by atoms with Crippen LogP contribution in [0.3, 0.4) is 0 Å². The Hall–Kier alpha value is -3.22. The lowest BCUT2D eigenvalue weighted by Gasteiger charge is -2.11. The van der Waals surface area contributed by atoms with Crippen LogP contribution in [0, 0.1) is 0 Å². The molecule has 3 N–H and O–H groups in total. The molecule has 1 heterocycles. The molecule has 0 bridgehead atoms. The van der Waals surface area contributed by atoms with Gasteiger partial charge in [0.25, 0.3) is 5.91 Å². The van der Waals surface area contributed by atoms with Gasteiger partial charge in [-0.25, -0.2) is 0 Å². The second-order valence-corrected chi connectivity index (χ2v) is 5.21. The maximum absolute atomic E-state index is 12.3. The molecule has 2 rings (SSSR count). The lowest BCUT2D eigenvalue weighted by Crippen LogP contribution is -2.23. The molecule has 0 aliphatic rings.